The maximum atomic E-state index is 12.0. The first-order chi connectivity index (χ1) is 10.2. The van der Waals surface area contributed by atoms with Crippen LogP contribution in [0.4, 0.5) is 5.13 Å². The predicted octanol–water partition coefficient (Wildman–Crippen LogP) is 3.16. The number of nitrogens with zero attached hydrogens (tertiary/aromatic N) is 3. The molecule has 1 aromatic carbocycles. The minimum atomic E-state index is -0.312. The van der Waals surface area contributed by atoms with E-state index in [2.05, 4.69) is 20.5 Å². The largest absolute Gasteiger partial charge is 0.296 e. The minimum absolute atomic E-state index is 0.268. The van der Waals surface area contributed by atoms with E-state index in [-0.39, 0.29) is 11.6 Å². The summed E-state index contributed by atoms with van der Waals surface area (Å²) in [4.78, 5) is 16.4. The third-order valence-corrected chi connectivity index (χ3v) is 3.63. The zero-order valence-electron chi connectivity index (χ0n) is 11.3. The van der Waals surface area contributed by atoms with Crippen molar-refractivity contribution < 1.29 is 4.79 Å². The van der Waals surface area contributed by atoms with Gasteiger partial charge in [0.25, 0.3) is 5.91 Å². The summed E-state index contributed by atoms with van der Waals surface area (Å²) in [7, 11) is 0. The third kappa shape index (κ3) is 3.11. The van der Waals surface area contributed by atoms with Crippen LogP contribution in [0, 0.1) is 6.92 Å². The number of aryl methyl sites for hydroxylation is 1. The van der Waals surface area contributed by atoms with Crippen LogP contribution in [0.1, 0.15) is 16.1 Å². The molecule has 0 atom stereocenters. The Hall–Kier alpha value is -2.60. The number of carbonyl (C=O) groups is 1. The van der Waals surface area contributed by atoms with Crippen molar-refractivity contribution in [3.63, 3.8) is 0 Å². The lowest BCUT2D eigenvalue weighted by molar-refractivity contribution is 0.102. The molecule has 0 bridgehead atoms. The molecule has 0 spiro atoms. The first kappa shape index (κ1) is 13.4. The molecule has 0 radical (unpaired) electrons. The number of hydrogen-bond donors (Lipinski definition) is 1. The number of rotatable bonds is 3. The molecule has 0 saturated heterocycles. The highest BCUT2D eigenvalue weighted by Gasteiger charge is 2.11. The van der Waals surface area contributed by atoms with Crippen LogP contribution in [0.5, 0.6) is 0 Å². The second-order valence-electron chi connectivity index (χ2n) is 4.47. The van der Waals surface area contributed by atoms with Crippen LogP contribution in [-0.2, 0) is 0 Å². The van der Waals surface area contributed by atoms with Crippen molar-refractivity contribution in [2.24, 2.45) is 0 Å². The van der Waals surface area contributed by atoms with Crippen molar-refractivity contribution in [2.45, 2.75) is 6.92 Å². The molecule has 104 valence electrons. The van der Waals surface area contributed by atoms with Crippen LogP contribution in [0.2, 0.25) is 0 Å². The van der Waals surface area contributed by atoms with Gasteiger partial charge in [-0.3, -0.25) is 10.1 Å². The van der Waals surface area contributed by atoms with Crippen LogP contribution in [0.3, 0.4) is 0 Å². The van der Waals surface area contributed by atoms with E-state index in [1.54, 1.807) is 12.1 Å². The molecular weight excluding hydrogens is 284 g/mol. The van der Waals surface area contributed by atoms with Gasteiger partial charge in [0.2, 0.25) is 0 Å². The van der Waals surface area contributed by atoms with E-state index in [1.165, 1.54) is 23.1 Å². The van der Waals surface area contributed by atoms with Crippen molar-refractivity contribution in [2.75, 3.05) is 5.32 Å². The fourth-order valence-corrected chi connectivity index (χ4v) is 2.49. The Balaban J connectivity index is 1.76. The molecule has 0 aliphatic rings. The summed E-state index contributed by atoms with van der Waals surface area (Å²) in [6.07, 6.45) is 1.52. The van der Waals surface area contributed by atoms with Gasteiger partial charge in [-0.05, 0) is 19.1 Å². The second kappa shape index (κ2) is 5.80. The van der Waals surface area contributed by atoms with E-state index in [4.69, 9.17) is 0 Å². The fourth-order valence-electron chi connectivity index (χ4n) is 1.77. The highest BCUT2D eigenvalue weighted by atomic mass is 32.1. The van der Waals surface area contributed by atoms with Crippen LogP contribution >= 0.6 is 11.3 Å². The van der Waals surface area contributed by atoms with Crippen molar-refractivity contribution in [3.8, 4) is 11.3 Å². The molecule has 3 rings (SSSR count). The summed E-state index contributed by atoms with van der Waals surface area (Å²) in [5, 5.41) is 12.6. The molecule has 2 heterocycles. The normalized spacial score (nSPS) is 10.3. The lowest BCUT2D eigenvalue weighted by Gasteiger charge is -1.99. The predicted molar refractivity (Wildman–Crippen MR) is 82.3 cm³/mol. The molecule has 0 aliphatic carbocycles. The Kier molecular flexibility index (Phi) is 3.70. The van der Waals surface area contributed by atoms with Crippen LogP contribution < -0.4 is 5.32 Å². The van der Waals surface area contributed by atoms with E-state index in [0.717, 1.165) is 11.3 Å². The van der Waals surface area contributed by atoms with E-state index >= 15 is 0 Å². The topological polar surface area (TPSA) is 67.8 Å². The number of thiazole rings is 1. The van der Waals surface area contributed by atoms with Gasteiger partial charge in [-0.15, -0.1) is 16.4 Å². The first-order valence-electron chi connectivity index (χ1n) is 6.34. The van der Waals surface area contributed by atoms with Gasteiger partial charge in [0.1, 0.15) is 0 Å². The van der Waals surface area contributed by atoms with E-state index in [9.17, 15) is 4.79 Å². The number of nitrogens with one attached hydrogen (secondary N) is 1. The summed E-state index contributed by atoms with van der Waals surface area (Å²) in [5.41, 5.74) is 3.33. The quantitative estimate of drug-likeness (QED) is 0.806. The molecule has 1 N–H and O–H groups in total. The van der Waals surface area contributed by atoms with E-state index in [1.807, 2.05) is 36.6 Å². The van der Waals surface area contributed by atoms with Gasteiger partial charge in [-0.25, -0.2) is 4.98 Å². The number of hydrogen-bond acceptors (Lipinski definition) is 5. The van der Waals surface area contributed by atoms with Crippen LogP contribution in [0.15, 0.2) is 48.0 Å². The summed E-state index contributed by atoms with van der Waals surface area (Å²) >= 11 is 1.38. The Morgan fingerprint density at radius 1 is 1.19 bits per heavy atom. The number of amides is 1. The number of anilines is 1. The Morgan fingerprint density at radius 2 is 2.00 bits per heavy atom. The summed E-state index contributed by atoms with van der Waals surface area (Å²) in [5.74, 6) is -0.312. The maximum absolute atomic E-state index is 12.0. The zero-order chi connectivity index (χ0) is 14.7. The average Bonchev–Trinajstić information content (AvgIpc) is 2.97. The molecule has 3 aromatic rings. The number of benzene rings is 1. The second-order valence-corrected chi connectivity index (χ2v) is 5.33. The van der Waals surface area contributed by atoms with Gasteiger partial charge in [0.05, 0.1) is 5.69 Å². The Morgan fingerprint density at radius 3 is 2.71 bits per heavy atom. The third-order valence-electron chi connectivity index (χ3n) is 2.88. The summed E-state index contributed by atoms with van der Waals surface area (Å²) in [6, 6.07) is 11.4. The SMILES string of the molecule is Cc1ccc(-c2csc(NC(=O)c3cccnn3)n2)cc1. The summed E-state index contributed by atoms with van der Waals surface area (Å²) < 4.78 is 0. The smallest absolute Gasteiger partial charge is 0.277 e. The van der Waals surface area contributed by atoms with Gasteiger partial charge in [-0.2, -0.15) is 5.10 Å². The fraction of sp³-hybridized carbons (Fsp3) is 0.0667. The lowest BCUT2D eigenvalue weighted by Crippen LogP contribution is -2.13. The molecule has 0 saturated carbocycles. The van der Waals surface area contributed by atoms with Crippen molar-refractivity contribution >= 4 is 22.4 Å². The highest BCUT2D eigenvalue weighted by molar-refractivity contribution is 7.14. The van der Waals surface area contributed by atoms with Crippen molar-refractivity contribution in [1.82, 2.24) is 15.2 Å². The van der Waals surface area contributed by atoms with Gasteiger partial charge in [-0.1, -0.05) is 29.8 Å². The van der Waals surface area contributed by atoms with E-state index < -0.39 is 0 Å². The molecule has 2 aromatic heterocycles. The van der Waals surface area contributed by atoms with Gasteiger partial charge in [0, 0.05) is 17.1 Å². The number of aromatic nitrogens is 3. The van der Waals surface area contributed by atoms with Gasteiger partial charge in [0.15, 0.2) is 10.8 Å². The molecule has 5 nitrogen and oxygen atoms in total. The van der Waals surface area contributed by atoms with Gasteiger partial charge < -0.3 is 0 Å². The lowest BCUT2D eigenvalue weighted by atomic mass is 10.1. The first-order valence-corrected chi connectivity index (χ1v) is 7.22. The van der Waals surface area contributed by atoms with E-state index in [0.29, 0.717) is 5.13 Å². The Labute approximate surface area is 125 Å². The highest BCUT2D eigenvalue weighted by Crippen LogP contribution is 2.25. The molecule has 0 aliphatic heterocycles. The molecule has 6 heteroatoms. The molecular formula is C15H12N4OS. The van der Waals surface area contributed by atoms with Crippen molar-refractivity contribution in [1.29, 1.82) is 0 Å². The molecule has 0 unspecified atom stereocenters. The summed E-state index contributed by atoms with van der Waals surface area (Å²) in [6.45, 7) is 2.04. The molecule has 0 fully saturated rings. The van der Waals surface area contributed by atoms with Gasteiger partial charge >= 0.3 is 0 Å². The maximum Gasteiger partial charge on any atom is 0.277 e. The monoisotopic (exact) mass is 296 g/mol. The average molecular weight is 296 g/mol. The van der Waals surface area contributed by atoms with Crippen LogP contribution in [0.25, 0.3) is 11.3 Å². The number of carbonyl (C=O) groups excluding carboxylic acids is 1. The molecule has 21 heavy (non-hydrogen) atoms. The minimum Gasteiger partial charge on any atom is -0.296 e. The zero-order valence-corrected chi connectivity index (χ0v) is 12.1. The Bertz CT molecular complexity index is 753. The van der Waals surface area contributed by atoms with Crippen LogP contribution in [-0.4, -0.2) is 21.1 Å². The van der Waals surface area contributed by atoms with Crippen molar-refractivity contribution in [3.05, 3.63) is 59.2 Å². The standard InChI is InChI=1S/C15H12N4OS/c1-10-4-6-11(7-5-10)13-9-21-15(17-13)18-14(20)12-3-2-8-16-19-12/h2-9H,1H3,(H,17,18,20). The molecule has 1 amide bonds.